The fourth-order valence-electron chi connectivity index (χ4n) is 3.27. The third-order valence-electron chi connectivity index (χ3n) is 4.72. The van der Waals surface area contributed by atoms with Crippen LogP contribution in [0.15, 0.2) is 43.2 Å². The third-order valence-corrected chi connectivity index (χ3v) is 6.34. The summed E-state index contributed by atoms with van der Waals surface area (Å²) >= 11 is 0. The molecular weight excluding hydrogens is 354 g/mol. The molecule has 1 amide bonds. The smallest absolute Gasteiger partial charge is 0.254 e. The van der Waals surface area contributed by atoms with Crippen molar-refractivity contribution in [3.8, 4) is 0 Å². The van der Waals surface area contributed by atoms with Gasteiger partial charge in [-0.3, -0.25) is 9.48 Å². The summed E-state index contributed by atoms with van der Waals surface area (Å²) in [6.45, 7) is 2.82. The zero-order valence-electron chi connectivity index (χ0n) is 14.3. The van der Waals surface area contributed by atoms with Gasteiger partial charge in [-0.25, -0.2) is 13.4 Å². The van der Waals surface area contributed by atoms with Gasteiger partial charge >= 0.3 is 0 Å². The van der Waals surface area contributed by atoms with Gasteiger partial charge in [-0.1, -0.05) is 0 Å². The maximum atomic E-state index is 13.1. The number of aryl methyl sites for hydroxylation is 1. The molecule has 1 saturated heterocycles. The Morgan fingerprint density at radius 3 is 2.96 bits per heavy atom. The van der Waals surface area contributed by atoms with Crippen LogP contribution in [-0.4, -0.2) is 56.4 Å². The molecule has 3 aromatic rings. The van der Waals surface area contributed by atoms with E-state index in [4.69, 9.17) is 0 Å². The van der Waals surface area contributed by atoms with Crippen LogP contribution in [0.3, 0.4) is 0 Å². The van der Waals surface area contributed by atoms with Crippen LogP contribution in [0.25, 0.3) is 5.52 Å². The molecule has 1 fully saturated rings. The highest BCUT2D eigenvalue weighted by atomic mass is 32.2. The molecule has 0 saturated carbocycles. The first-order chi connectivity index (χ1) is 12.5. The summed E-state index contributed by atoms with van der Waals surface area (Å²) < 4.78 is 27.9. The summed E-state index contributed by atoms with van der Waals surface area (Å²) in [6.07, 6.45) is 8.58. The van der Waals surface area contributed by atoms with E-state index in [-0.39, 0.29) is 24.0 Å². The van der Waals surface area contributed by atoms with E-state index in [0.717, 1.165) is 11.1 Å². The highest BCUT2D eigenvalue weighted by Gasteiger charge is 2.36. The Balaban J connectivity index is 1.70. The average Bonchev–Trinajstić information content (AvgIpc) is 3.28. The van der Waals surface area contributed by atoms with Gasteiger partial charge in [0.05, 0.1) is 41.8 Å². The first-order valence-electron chi connectivity index (χ1n) is 8.42. The second-order valence-corrected chi connectivity index (χ2v) is 8.63. The van der Waals surface area contributed by atoms with Crippen molar-refractivity contribution in [2.24, 2.45) is 0 Å². The van der Waals surface area contributed by atoms with Gasteiger partial charge in [-0.05, 0) is 19.1 Å². The minimum atomic E-state index is -3.20. The summed E-state index contributed by atoms with van der Waals surface area (Å²) in [7, 11) is -3.20. The summed E-state index contributed by atoms with van der Waals surface area (Å²) in [5.41, 5.74) is 2.08. The number of sulfone groups is 1. The molecule has 26 heavy (non-hydrogen) atoms. The molecule has 0 radical (unpaired) electrons. The summed E-state index contributed by atoms with van der Waals surface area (Å²) in [5.74, 6) is -0.285. The molecule has 1 aliphatic heterocycles. The minimum Gasteiger partial charge on any atom is -0.329 e. The van der Waals surface area contributed by atoms with Crippen molar-refractivity contribution in [2.45, 2.75) is 19.5 Å². The van der Waals surface area contributed by atoms with E-state index in [0.29, 0.717) is 12.1 Å². The number of amides is 1. The molecular formula is C17H19N5O3S. The van der Waals surface area contributed by atoms with E-state index in [1.165, 1.54) is 0 Å². The van der Waals surface area contributed by atoms with E-state index in [9.17, 15) is 13.2 Å². The number of nitrogens with zero attached hydrogens (tertiary/aromatic N) is 5. The number of rotatable bonds is 3. The fourth-order valence-corrected chi connectivity index (χ4v) is 4.76. The third kappa shape index (κ3) is 2.98. The monoisotopic (exact) mass is 373 g/mol. The van der Waals surface area contributed by atoms with Crippen molar-refractivity contribution in [3.05, 3.63) is 54.4 Å². The van der Waals surface area contributed by atoms with E-state index >= 15 is 0 Å². The van der Waals surface area contributed by atoms with Gasteiger partial charge in [-0.2, -0.15) is 5.10 Å². The zero-order chi connectivity index (χ0) is 18.3. The molecule has 0 N–H and O–H groups in total. The molecule has 1 unspecified atom stereocenters. The van der Waals surface area contributed by atoms with Crippen molar-refractivity contribution >= 4 is 21.3 Å². The lowest BCUT2D eigenvalue weighted by atomic mass is 10.1. The van der Waals surface area contributed by atoms with Crippen LogP contribution in [0.1, 0.15) is 28.9 Å². The fraction of sp³-hybridized carbons (Fsp3) is 0.353. The normalized spacial score (nSPS) is 19.7. The molecule has 1 atom stereocenters. The number of carbonyl (C=O) groups excluding carboxylic acids is 1. The Morgan fingerprint density at radius 1 is 1.35 bits per heavy atom. The molecule has 0 spiro atoms. The largest absolute Gasteiger partial charge is 0.329 e. The maximum absolute atomic E-state index is 13.1. The van der Waals surface area contributed by atoms with Crippen molar-refractivity contribution in [1.29, 1.82) is 0 Å². The van der Waals surface area contributed by atoms with Gasteiger partial charge in [0.2, 0.25) is 0 Å². The molecule has 136 valence electrons. The van der Waals surface area contributed by atoms with E-state index < -0.39 is 15.9 Å². The number of hydrogen-bond acceptors (Lipinski definition) is 5. The van der Waals surface area contributed by atoms with Gasteiger partial charge in [0.1, 0.15) is 0 Å². The Bertz CT molecular complexity index is 1070. The van der Waals surface area contributed by atoms with Crippen LogP contribution in [0, 0.1) is 0 Å². The lowest BCUT2D eigenvalue weighted by molar-refractivity contribution is 0.0697. The Hall–Kier alpha value is -2.68. The van der Waals surface area contributed by atoms with E-state index in [1.807, 2.05) is 17.5 Å². The summed E-state index contributed by atoms with van der Waals surface area (Å²) in [5, 5.41) is 4.23. The number of hydrogen-bond donors (Lipinski definition) is 0. The maximum Gasteiger partial charge on any atom is 0.254 e. The van der Waals surface area contributed by atoms with Gasteiger partial charge in [0.25, 0.3) is 5.91 Å². The first-order valence-corrected chi connectivity index (χ1v) is 10.2. The minimum absolute atomic E-state index is 0.0217. The molecule has 0 bridgehead atoms. The summed E-state index contributed by atoms with van der Waals surface area (Å²) in [4.78, 5) is 18.8. The number of aromatic nitrogens is 4. The predicted molar refractivity (Wildman–Crippen MR) is 95.5 cm³/mol. The molecule has 3 aromatic heterocycles. The SMILES string of the molecule is CCn1cc(C2CS(=O)(=O)CCN2C(=O)c2ccn3cncc3c2)cn1. The lowest BCUT2D eigenvalue weighted by Gasteiger charge is -2.35. The van der Waals surface area contributed by atoms with E-state index in [2.05, 4.69) is 10.1 Å². The summed E-state index contributed by atoms with van der Waals surface area (Å²) in [6, 6.07) is 2.97. The van der Waals surface area contributed by atoms with Crippen molar-refractivity contribution < 1.29 is 13.2 Å². The topological polar surface area (TPSA) is 89.6 Å². The van der Waals surface area contributed by atoms with Crippen molar-refractivity contribution in [1.82, 2.24) is 24.1 Å². The molecule has 0 aromatic carbocycles. The second-order valence-electron chi connectivity index (χ2n) is 6.40. The highest BCUT2D eigenvalue weighted by molar-refractivity contribution is 7.91. The molecule has 1 aliphatic rings. The van der Waals surface area contributed by atoms with Gasteiger partial charge in [-0.15, -0.1) is 0 Å². The average molecular weight is 373 g/mol. The number of pyridine rings is 1. The van der Waals surface area contributed by atoms with Gasteiger partial charge in [0.15, 0.2) is 9.84 Å². The Morgan fingerprint density at radius 2 is 2.19 bits per heavy atom. The zero-order valence-corrected chi connectivity index (χ0v) is 15.1. The molecule has 9 heteroatoms. The number of carbonyl (C=O) groups is 1. The first kappa shape index (κ1) is 16.8. The van der Waals surface area contributed by atoms with Crippen molar-refractivity contribution in [3.63, 3.8) is 0 Å². The van der Waals surface area contributed by atoms with Crippen LogP contribution in [0.5, 0.6) is 0 Å². The standard InChI is InChI=1S/C17H19N5O3S/c1-2-21-10-14(8-19-21)16-11-26(24,25)6-5-22(16)17(23)13-3-4-20-12-18-9-15(20)7-13/h3-4,7-10,12,16H,2,5-6,11H2,1H3. The van der Waals surface area contributed by atoms with Gasteiger partial charge in [0, 0.05) is 36.6 Å². The van der Waals surface area contributed by atoms with E-state index in [1.54, 1.807) is 46.6 Å². The van der Waals surface area contributed by atoms with Gasteiger partial charge < -0.3 is 9.30 Å². The lowest BCUT2D eigenvalue weighted by Crippen LogP contribution is -2.46. The highest BCUT2D eigenvalue weighted by Crippen LogP contribution is 2.28. The molecule has 4 heterocycles. The van der Waals surface area contributed by atoms with Crippen LogP contribution < -0.4 is 0 Å². The van der Waals surface area contributed by atoms with Crippen LogP contribution in [-0.2, 0) is 16.4 Å². The Labute approximate surface area is 151 Å². The number of imidazole rings is 1. The number of fused-ring (bicyclic) bond motifs is 1. The van der Waals surface area contributed by atoms with Crippen molar-refractivity contribution in [2.75, 3.05) is 18.1 Å². The van der Waals surface area contributed by atoms with Crippen LogP contribution >= 0.6 is 0 Å². The molecule has 0 aliphatic carbocycles. The predicted octanol–water partition coefficient (Wildman–Crippen LogP) is 1.16. The Kier molecular flexibility index (Phi) is 4.03. The second kappa shape index (κ2) is 6.24. The molecule has 4 rings (SSSR count). The van der Waals surface area contributed by atoms with Crippen LogP contribution in [0.2, 0.25) is 0 Å². The molecule has 8 nitrogen and oxygen atoms in total. The van der Waals surface area contributed by atoms with Crippen LogP contribution in [0.4, 0.5) is 0 Å². The quantitative estimate of drug-likeness (QED) is 0.687.